The molecule has 3 N–H and O–H groups in total. The molecule has 1 aliphatic heterocycles. The fourth-order valence-electron chi connectivity index (χ4n) is 4.88. The van der Waals surface area contributed by atoms with Crippen molar-refractivity contribution in [3.8, 4) is 5.75 Å². The number of ether oxygens (including phenoxy) is 1. The normalized spacial score (nSPS) is 15.6. The summed E-state index contributed by atoms with van der Waals surface area (Å²) in [6.45, 7) is 4.50. The van der Waals surface area contributed by atoms with E-state index in [1.807, 2.05) is 6.07 Å². The number of methoxy groups -OCH3 is 1. The zero-order valence-electron chi connectivity index (χ0n) is 21.1. The number of carbonyl (C=O) groups is 1. The number of fused-ring (bicyclic) bond motifs is 1. The summed E-state index contributed by atoms with van der Waals surface area (Å²) < 4.78 is 46.9. The van der Waals surface area contributed by atoms with Gasteiger partial charge >= 0.3 is 6.18 Å². The van der Waals surface area contributed by atoms with E-state index in [0.717, 1.165) is 30.5 Å². The molecule has 8 nitrogen and oxygen atoms in total. The number of anilines is 2. The first-order valence-corrected chi connectivity index (χ1v) is 12.0. The molecule has 0 spiro atoms. The van der Waals surface area contributed by atoms with E-state index in [0.29, 0.717) is 41.0 Å². The summed E-state index contributed by atoms with van der Waals surface area (Å²) >= 11 is 0. The molecule has 11 heteroatoms. The number of hydrogen-bond acceptors (Lipinski definition) is 6. The van der Waals surface area contributed by atoms with Gasteiger partial charge in [-0.05, 0) is 67.1 Å². The van der Waals surface area contributed by atoms with E-state index in [-0.39, 0.29) is 23.1 Å². The van der Waals surface area contributed by atoms with Gasteiger partial charge in [-0.15, -0.1) is 0 Å². The highest BCUT2D eigenvalue weighted by atomic mass is 19.4. The third-order valence-corrected chi connectivity index (χ3v) is 6.94. The molecule has 198 valence electrons. The van der Waals surface area contributed by atoms with E-state index in [2.05, 4.69) is 10.4 Å². The van der Waals surface area contributed by atoms with Crippen LogP contribution in [0.3, 0.4) is 0 Å². The van der Waals surface area contributed by atoms with Gasteiger partial charge in [0.1, 0.15) is 5.75 Å². The van der Waals surface area contributed by atoms with Crippen molar-refractivity contribution in [2.45, 2.75) is 44.8 Å². The minimum absolute atomic E-state index is 0.000629. The Morgan fingerprint density at radius 2 is 1.84 bits per heavy atom. The van der Waals surface area contributed by atoms with Crippen molar-refractivity contribution < 1.29 is 22.7 Å². The standard InChI is InChI=1S/C26H30F3N5O3/c1-14(17-9-18(26(27,28)29)11-19(30)10-17)31-24-21-12-20(16-5-7-34(8-6-16)15(2)35)23(37-4)13-22(21)25(36)33(3)32-24/h9-14,16H,5-8,30H2,1-4H3,(H,31,32)/t14-/m1/s1. The second-order valence-electron chi connectivity index (χ2n) is 9.45. The topological polar surface area (TPSA) is 102 Å². The molecule has 2 heterocycles. The van der Waals surface area contributed by atoms with Crippen LogP contribution in [0, 0.1) is 0 Å². The first-order valence-electron chi connectivity index (χ1n) is 12.0. The number of rotatable bonds is 5. The third kappa shape index (κ3) is 5.35. The molecule has 37 heavy (non-hydrogen) atoms. The number of carbonyl (C=O) groups excluding carboxylic acids is 1. The Morgan fingerprint density at radius 3 is 2.43 bits per heavy atom. The molecule has 0 bridgehead atoms. The molecule has 2 aromatic carbocycles. The van der Waals surface area contributed by atoms with Gasteiger partial charge in [-0.25, -0.2) is 4.68 Å². The number of aromatic nitrogens is 2. The summed E-state index contributed by atoms with van der Waals surface area (Å²) in [5.41, 5.74) is 5.83. The number of nitrogens with two attached hydrogens (primary N) is 1. The maximum Gasteiger partial charge on any atom is 0.416 e. The number of piperidine rings is 1. The van der Waals surface area contributed by atoms with Gasteiger partial charge in [0.25, 0.3) is 5.56 Å². The lowest BCUT2D eigenvalue weighted by Crippen LogP contribution is -2.36. The zero-order valence-corrected chi connectivity index (χ0v) is 21.1. The van der Waals surface area contributed by atoms with Crippen molar-refractivity contribution in [1.29, 1.82) is 0 Å². The van der Waals surface area contributed by atoms with Gasteiger partial charge in [0, 0.05) is 38.1 Å². The second-order valence-corrected chi connectivity index (χ2v) is 9.45. The second kappa shape index (κ2) is 9.95. The minimum Gasteiger partial charge on any atom is -0.496 e. The summed E-state index contributed by atoms with van der Waals surface area (Å²) in [7, 11) is 3.05. The number of nitrogens with one attached hydrogen (secondary N) is 1. The van der Waals surface area contributed by atoms with Crippen LogP contribution in [0.4, 0.5) is 24.7 Å². The van der Waals surface area contributed by atoms with Gasteiger partial charge < -0.3 is 20.7 Å². The highest BCUT2D eigenvalue weighted by Gasteiger charge is 2.32. The van der Waals surface area contributed by atoms with Crippen molar-refractivity contribution in [2.24, 2.45) is 7.05 Å². The van der Waals surface area contributed by atoms with E-state index < -0.39 is 17.8 Å². The molecule has 0 radical (unpaired) electrons. The monoisotopic (exact) mass is 517 g/mol. The Hall–Kier alpha value is -3.76. The Balaban J connectivity index is 1.76. The van der Waals surface area contributed by atoms with Gasteiger partial charge in [-0.2, -0.15) is 18.3 Å². The molecular weight excluding hydrogens is 487 g/mol. The van der Waals surface area contributed by atoms with E-state index in [4.69, 9.17) is 10.5 Å². The highest BCUT2D eigenvalue weighted by molar-refractivity contribution is 5.93. The van der Waals surface area contributed by atoms with Crippen LogP contribution in [0.2, 0.25) is 0 Å². The fourth-order valence-corrected chi connectivity index (χ4v) is 4.88. The van der Waals surface area contributed by atoms with Crippen LogP contribution >= 0.6 is 0 Å². The number of nitrogen functional groups attached to an aromatic ring is 1. The summed E-state index contributed by atoms with van der Waals surface area (Å²) in [6, 6.07) is 6.38. The maximum absolute atomic E-state index is 13.3. The fraction of sp³-hybridized carbons (Fsp3) is 0.423. The molecule has 0 saturated carbocycles. The van der Waals surface area contributed by atoms with E-state index in [1.165, 1.54) is 17.8 Å². The first kappa shape index (κ1) is 26.3. The van der Waals surface area contributed by atoms with Crippen LogP contribution in [0.1, 0.15) is 55.3 Å². The van der Waals surface area contributed by atoms with E-state index in [1.54, 1.807) is 31.9 Å². The lowest BCUT2D eigenvalue weighted by atomic mass is 9.87. The Morgan fingerprint density at radius 1 is 1.16 bits per heavy atom. The van der Waals surface area contributed by atoms with Crippen LogP contribution in [0.25, 0.3) is 10.8 Å². The van der Waals surface area contributed by atoms with Gasteiger partial charge in [0.15, 0.2) is 5.82 Å². The van der Waals surface area contributed by atoms with Crippen molar-refractivity contribution in [1.82, 2.24) is 14.7 Å². The van der Waals surface area contributed by atoms with E-state index >= 15 is 0 Å². The van der Waals surface area contributed by atoms with Crippen LogP contribution in [-0.4, -0.2) is 40.8 Å². The summed E-state index contributed by atoms with van der Waals surface area (Å²) in [5.74, 6) is 1.06. The minimum atomic E-state index is -4.53. The number of aryl methyl sites for hydroxylation is 1. The quantitative estimate of drug-likeness (QED) is 0.485. The number of hydrogen-bond donors (Lipinski definition) is 2. The smallest absolute Gasteiger partial charge is 0.416 e. The third-order valence-electron chi connectivity index (χ3n) is 6.94. The first-order chi connectivity index (χ1) is 17.4. The molecule has 1 aliphatic rings. The Labute approximate surface area is 212 Å². The number of benzene rings is 2. The molecule has 1 saturated heterocycles. The van der Waals surface area contributed by atoms with Gasteiger partial charge in [0.05, 0.1) is 24.1 Å². The van der Waals surface area contributed by atoms with E-state index in [9.17, 15) is 22.8 Å². The number of halogens is 3. The summed E-state index contributed by atoms with van der Waals surface area (Å²) in [4.78, 5) is 26.5. The van der Waals surface area contributed by atoms with Gasteiger partial charge in [-0.1, -0.05) is 0 Å². The van der Waals surface area contributed by atoms with Gasteiger partial charge in [-0.3, -0.25) is 9.59 Å². The SMILES string of the molecule is COc1cc2c(=O)n(C)nc(N[C@H](C)c3cc(N)cc(C(F)(F)F)c3)c2cc1C1CCN(C(C)=O)CC1. The number of likely N-dealkylation sites (tertiary alicyclic amines) is 1. The van der Waals surface area contributed by atoms with Crippen LogP contribution in [0.15, 0.2) is 35.1 Å². The molecule has 0 aliphatic carbocycles. The van der Waals surface area contributed by atoms with Crippen molar-refractivity contribution in [3.63, 3.8) is 0 Å². The highest BCUT2D eigenvalue weighted by Crippen LogP contribution is 2.38. The number of nitrogens with zero attached hydrogens (tertiary/aromatic N) is 3. The van der Waals surface area contributed by atoms with Crippen molar-refractivity contribution >= 4 is 28.2 Å². The number of alkyl halides is 3. The molecule has 0 unspecified atom stereocenters. The average Bonchev–Trinajstić information content (AvgIpc) is 2.85. The summed E-state index contributed by atoms with van der Waals surface area (Å²) in [6.07, 6.45) is -3.06. The number of amides is 1. The van der Waals surface area contributed by atoms with Crippen LogP contribution in [-0.2, 0) is 18.0 Å². The Bertz CT molecular complexity index is 1390. The van der Waals surface area contributed by atoms with Gasteiger partial charge in [0.2, 0.25) is 5.91 Å². The summed E-state index contributed by atoms with van der Waals surface area (Å²) in [5, 5.41) is 8.47. The maximum atomic E-state index is 13.3. The lowest BCUT2D eigenvalue weighted by Gasteiger charge is -2.32. The van der Waals surface area contributed by atoms with Crippen molar-refractivity contribution in [3.05, 3.63) is 57.4 Å². The Kier molecular flexibility index (Phi) is 7.07. The molecule has 1 atom stereocenters. The molecule has 1 aromatic heterocycles. The molecule has 1 fully saturated rings. The molecule has 1 amide bonds. The van der Waals surface area contributed by atoms with Crippen LogP contribution < -0.4 is 21.3 Å². The van der Waals surface area contributed by atoms with Crippen molar-refractivity contribution in [2.75, 3.05) is 31.2 Å². The molecule has 3 aromatic rings. The molecule has 4 rings (SSSR count). The largest absolute Gasteiger partial charge is 0.496 e. The molecular formula is C26H30F3N5O3. The van der Waals surface area contributed by atoms with Crippen LogP contribution in [0.5, 0.6) is 5.75 Å². The average molecular weight is 518 g/mol. The zero-order chi connectivity index (χ0) is 27.1. The predicted octanol–water partition coefficient (Wildman–Crippen LogP) is 4.44. The lowest BCUT2D eigenvalue weighted by molar-refractivity contribution is -0.137. The predicted molar refractivity (Wildman–Crippen MR) is 136 cm³/mol.